The molecule has 0 saturated carbocycles. The minimum atomic E-state index is -4.44. The lowest BCUT2D eigenvalue weighted by atomic mass is 10.2. The molecule has 0 bridgehead atoms. The number of alkyl halides is 3. The van der Waals surface area contributed by atoms with E-state index in [1.165, 1.54) is 6.07 Å². The molecule has 0 radical (unpaired) electrons. The number of anilines is 1. The van der Waals surface area contributed by atoms with E-state index in [4.69, 9.17) is 0 Å². The van der Waals surface area contributed by atoms with Crippen LogP contribution in [0.15, 0.2) is 22.7 Å². The van der Waals surface area contributed by atoms with Crippen LogP contribution in [0.3, 0.4) is 0 Å². The summed E-state index contributed by atoms with van der Waals surface area (Å²) in [7, 11) is -3.15. The number of sulfone groups is 1. The van der Waals surface area contributed by atoms with Crippen molar-refractivity contribution in [3.05, 3.63) is 28.2 Å². The van der Waals surface area contributed by atoms with Gasteiger partial charge in [-0.25, -0.2) is 8.42 Å². The molecule has 0 fully saturated rings. The first-order chi connectivity index (χ1) is 9.14. The third kappa shape index (κ3) is 5.70. The second kappa shape index (κ2) is 6.80. The highest BCUT2D eigenvalue weighted by atomic mass is 79.9. The SMILES string of the molecule is CCCS(=O)(=O)CCNc1cc(Br)cc(C(F)(F)F)c1. The van der Waals surface area contributed by atoms with Crippen molar-refractivity contribution in [2.24, 2.45) is 0 Å². The summed E-state index contributed by atoms with van der Waals surface area (Å²) < 4.78 is 61.1. The van der Waals surface area contributed by atoms with Crippen molar-refractivity contribution < 1.29 is 21.6 Å². The third-order valence-corrected chi connectivity index (χ3v) is 4.80. The second-order valence-corrected chi connectivity index (χ2v) is 7.52. The lowest BCUT2D eigenvalue weighted by Gasteiger charge is -2.12. The van der Waals surface area contributed by atoms with Crippen LogP contribution in [0.25, 0.3) is 0 Å². The molecule has 114 valence electrons. The second-order valence-electron chi connectivity index (χ2n) is 4.30. The van der Waals surface area contributed by atoms with Crippen molar-refractivity contribution in [2.45, 2.75) is 19.5 Å². The fraction of sp³-hybridized carbons (Fsp3) is 0.500. The van der Waals surface area contributed by atoms with Gasteiger partial charge in [0.2, 0.25) is 0 Å². The Kier molecular flexibility index (Phi) is 5.88. The summed E-state index contributed by atoms with van der Waals surface area (Å²) in [6, 6.07) is 3.40. The van der Waals surface area contributed by atoms with Crippen LogP contribution in [0.2, 0.25) is 0 Å². The lowest BCUT2D eigenvalue weighted by Crippen LogP contribution is -2.18. The van der Waals surface area contributed by atoms with Crippen LogP contribution in [0, 0.1) is 0 Å². The largest absolute Gasteiger partial charge is 0.416 e. The number of rotatable bonds is 6. The zero-order valence-electron chi connectivity index (χ0n) is 10.8. The van der Waals surface area contributed by atoms with Crippen molar-refractivity contribution in [3.8, 4) is 0 Å². The van der Waals surface area contributed by atoms with Gasteiger partial charge in [-0.3, -0.25) is 0 Å². The van der Waals surface area contributed by atoms with E-state index in [9.17, 15) is 21.6 Å². The fourth-order valence-electron chi connectivity index (χ4n) is 1.62. The van der Waals surface area contributed by atoms with Crippen LogP contribution in [0.4, 0.5) is 18.9 Å². The molecular weight excluding hydrogens is 359 g/mol. The molecule has 0 amide bonds. The molecular formula is C12H15BrF3NO2S. The van der Waals surface area contributed by atoms with E-state index in [1.807, 2.05) is 0 Å². The predicted octanol–water partition coefficient (Wildman–Crippen LogP) is 3.70. The Balaban J connectivity index is 2.72. The van der Waals surface area contributed by atoms with Crippen molar-refractivity contribution >= 4 is 31.5 Å². The smallest absolute Gasteiger partial charge is 0.384 e. The van der Waals surface area contributed by atoms with Gasteiger partial charge in [0.15, 0.2) is 9.84 Å². The van der Waals surface area contributed by atoms with Gasteiger partial charge < -0.3 is 5.32 Å². The number of benzene rings is 1. The molecule has 0 unspecified atom stereocenters. The number of hydrogen-bond donors (Lipinski definition) is 1. The molecule has 0 saturated heterocycles. The molecule has 0 aliphatic rings. The third-order valence-electron chi connectivity index (χ3n) is 2.48. The maximum Gasteiger partial charge on any atom is 0.416 e. The maximum absolute atomic E-state index is 12.6. The predicted molar refractivity (Wildman–Crippen MR) is 76.6 cm³/mol. The van der Waals surface area contributed by atoms with Gasteiger partial charge in [0.25, 0.3) is 0 Å². The van der Waals surface area contributed by atoms with Crippen LogP contribution < -0.4 is 5.32 Å². The molecule has 8 heteroatoms. The van der Waals surface area contributed by atoms with Crippen molar-refractivity contribution in [3.63, 3.8) is 0 Å². The molecule has 1 aromatic carbocycles. The molecule has 0 heterocycles. The van der Waals surface area contributed by atoms with Gasteiger partial charge >= 0.3 is 6.18 Å². The van der Waals surface area contributed by atoms with Gasteiger partial charge in [-0.2, -0.15) is 13.2 Å². The first-order valence-corrected chi connectivity index (χ1v) is 8.57. The summed E-state index contributed by atoms with van der Waals surface area (Å²) in [4.78, 5) is 0. The normalized spacial score (nSPS) is 12.4. The Labute approximate surface area is 124 Å². The molecule has 3 nitrogen and oxygen atoms in total. The quantitative estimate of drug-likeness (QED) is 0.826. The minimum absolute atomic E-state index is 0.0794. The van der Waals surface area contributed by atoms with Crippen LogP contribution >= 0.6 is 15.9 Å². The van der Waals surface area contributed by atoms with Gasteiger partial charge in [0.05, 0.1) is 11.3 Å². The highest BCUT2D eigenvalue weighted by Gasteiger charge is 2.31. The molecule has 1 N–H and O–H groups in total. The van der Waals surface area contributed by atoms with E-state index in [1.54, 1.807) is 6.92 Å². The van der Waals surface area contributed by atoms with E-state index in [0.29, 0.717) is 6.42 Å². The zero-order valence-corrected chi connectivity index (χ0v) is 13.2. The summed E-state index contributed by atoms with van der Waals surface area (Å²) in [5, 5.41) is 2.70. The van der Waals surface area contributed by atoms with E-state index < -0.39 is 21.6 Å². The van der Waals surface area contributed by atoms with Crippen molar-refractivity contribution in [1.29, 1.82) is 0 Å². The Bertz CT molecular complexity index is 558. The molecule has 0 aliphatic heterocycles. The van der Waals surface area contributed by atoms with Crippen LogP contribution in [0.1, 0.15) is 18.9 Å². The van der Waals surface area contributed by atoms with Crippen LogP contribution in [0.5, 0.6) is 0 Å². The van der Waals surface area contributed by atoms with Gasteiger partial charge in [-0.15, -0.1) is 0 Å². The monoisotopic (exact) mass is 373 g/mol. The summed E-state index contributed by atoms with van der Waals surface area (Å²) in [5.41, 5.74) is -0.552. The topological polar surface area (TPSA) is 46.2 Å². The summed E-state index contributed by atoms with van der Waals surface area (Å²) in [6.07, 6.45) is -3.91. The Morgan fingerprint density at radius 1 is 1.20 bits per heavy atom. The van der Waals surface area contributed by atoms with E-state index in [0.717, 1.165) is 12.1 Å². The zero-order chi connectivity index (χ0) is 15.4. The molecule has 0 atom stereocenters. The Morgan fingerprint density at radius 3 is 2.40 bits per heavy atom. The van der Waals surface area contributed by atoms with Crippen LogP contribution in [-0.2, 0) is 16.0 Å². The molecule has 1 aromatic rings. The van der Waals surface area contributed by atoms with Gasteiger partial charge in [0, 0.05) is 22.5 Å². The molecule has 20 heavy (non-hydrogen) atoms. The average Bonchev–Trinajstić information content (AvgIpc) is 2.26. The fourth-order valence-corrected chi connectivity index (χ4v) is 3.35. The first-order valence-electron chi connectivity index (χ1n) is 5.96. The summed E-state index contributed by atoms with van der Waals surface area (Å²) >= 11 is 3.00. The van der Waals surface area contributed by atoms with Crippen molar-refractivity contribution in [1.82, 2.24) is 0 Å². The Hall–Kier alpha value is -0.760. The van der Waals surface area contributed by atoms with E-state index >= 15 is 0 Å². The minimum Gasteiger partial charge on any atom is -0.384 e. The standard InChI is InChI=1S/C12H15BrF3NO2S/c1-2-4-20(18,19)5-3-17-11-7-9(12(14,15)16)6-10(13)8-11/h6-8,17H,2-5H2,1H3. The van der Waals surface area contributed by atoms with Gasteiger partial charge in [0.1, 0.15) is 0 Å². The van der Waals surface area contributed by atoms with Gasteiger partial charge in [-0.1, -0.05) is 22.9 Å². The molecule has 0 spiro atoms. The average molecular weight is 374 g/mol. The lowest BCUT2D eigenvalue weighted by molar-refractivity contribution is -0.137. The van der Waals surface area contributed by atoms with Crippen LogP contribution in [-0.4, -0.2) is 26.5 Å². The van der Waals surface area contributed by atoms with Gasteiger partial charge in [-0.05, 0) is 24.6 Å². The summed E-state index contributed by atoms with van der Waals surface area (Å²) in [5.74, 6) is -0.0182. The molecule has 0 aliphatic carbocycles. The summed E-state index contributed by atoms with van der Waals surface area (Å²) in [6.45, 7) is 1.84. The Morgan fingerprint density at radius 2 is 1.85 bits per heavy atom. The molecule has 0 aromatic heterocycles. The van der Waals surface area contributed by atoms with E-state index in [2.05, 4.69) is 21.2 Å². The van der Waals surface area contributed by atoms with Crippen molar-refractivity contribution in [2.75, 3.05) is 23.4 Å². The maximum atomic E-state index is 12.6. The number of nitrogens with one attached hydrogen (secondary N) is 1. The number of hydrogen-bond acceptors (Lipinski definition) is 3. The first kappa shape index (κ1) is 17.3. The van der Waals surface area contributed by atoms with E-state index in [-0.39, 0.29) is 28.2 Å². The highest BCUT2D eigenvalue weighted by Crippen LogP contribution is 2.33. The highest BCUT2D eigenvalue weighted by molar-refractivity contribution is 9.10. The number of halogens is 4. The molecule has 1 rings (SSSR count).